The minimum atomic E-state index is 0.420. The number of benzene rings is 1. The molecule has 1 saturated carbocycles. The molecular weight excluding hydrogens is 406 g/mol. The smallest absolute Gasteiger partial charge is 0.241 e. The van der Waals surface area contributed by atoms with E-state index in [1.165, 1.54) is 6.33 Å². The highest BCUT2D eigenvalue weighted by atomic mass is 16.5. The number of ether oxygens (including phenoxy) is 2. The van der Waals surface area contributed by atoms with E-state index < -0.39 is 0 Å². The summed E-state index contributed by atoms with van der Waals surface area (Å²) < 4.78 is 12.7. The summed E-state index contributed by atoms with van der Waals surface area (Å²) in [4.78, 5) is 15.7. The van der Waals surface area contributed by atoms with E-state index in [0.29, 0.717) is 23.9 Å². The lowest BCUT2D eigenvalue weighted by molar-refractivity contribution is -0.00443. The van der Waals surface area contributed by atoms with Gasteiger partial charge in [0.05, 0.1) is 42.9 Å². The third kappa shape index (κ3) is 3.43. The molecule has 6 rings (SSSR count). The van der Waals surface area contributed by atoms with Crippen LogP contribution in [0.25, 0.3) is 27.5 Å². The quantitative estimate of drug-likeness (QED) is 0.516. The predicted octanol–water partition coefficient (Wildman–Crippen LogP) is 2.62. The third-order valence-corrected chi connectivity index (χ3v) is 6.53. The molecule has 9 heteroatoms. The zero-order valence-electron chi connectivity index (χ0n) is 17.9. The van der Waals surface area contributed by atoms with E-state index in [1.54, 1.807) is 7.11 Å². The number of rotatable bonds is 5. The molecule has 0 bridgehead atoms. The van der Waals surface area contributed by atoms with Crippen LogP contribution in [0, 0.1) is 0 Å². The number of hydrogen-bond acceptors (Lipinski definition) is 8. The first-order chi connectivity index (χ1) is 15.8. The Morgan fingerprint density at radius 3 is 2.81 bits per heavy atom. The van der Waals surface area contributed by atoms with Gasteiger partial charge in [0, 0.05) is 36.9 Å². The first-order valence-electron chi connectivity index (χ1n) is 11.0. The Kier molecular flexibility index (Phi) is 4.84. The van der Waals surface area contributed by atoms with Gasteiger partial charge in [-0.2, -0.15) is 0 Å². The Balaban J connectivity index is 1.20. The van der Waals surface area contributed by atoms with Crippen molar-refractivity contribution in [3.63, 3.8) is 0 Å². The maximum atomic E-state index is 5.46. The van der Waals surface area contributed by atoms with E-state index >= 15 is 0 Å². The molecule has 2 fully saturated rings. The van der Waals surface area contributed by atoms with E-state index in [4.69, 9.17) is 9.47 Å². The fraction of sp³-hybridized carbons (Fsp3) is 0.391. The zero-order valence-corrected chi connectivity index (χ0v) is 17.9. The molecule has 1 saturated heterocycles. The molecule has 2 aliphatic rings. The summed E-state index contributed by atoms with van der Waals surface area (Å²) in [5, 5.41) is 9.06. The van der Waals surface area contributed by atoms with Gasteiger partial charge in [0.15, 0.2) is 0 Å². The summed E-state index contributed by atoms with van der Waals surface area (Å²) in [6, 6.07) is 9.21. The average Bonchev–Trinajstić information content (AvgIpc) is 3.24. The van der Waals surface area contributed by atoms with Gasteiger partial charge in [-0.05, 0) is 36.6 Å². The van der Waals surface area contributed by atoms with Crippen LogP contribution in [-0.4, -0.2) is 75.0 Å². The number of nitrogens with zero attached hydrogens (tertiary/aromatic N) is 6. The topological polar surface area (TPSA) is 89.7 Å². The molecule has 0 radical (unpaired) electrons. The number of methoxy groups -OCH3 is 1. The molecule has 0 spiro atoms. The van der Waals surface area contributed by atoms with Crippen LogP contribution < -0.4 is 10.1 Å². The number of hydrogen-bond donors (Lipinski definition) is 1. The van der Waals surface area contributed by atoms with Crippen molar-refractivity contribution in [2.45, 2.75) is 24.9 Å². The van der Waals surface area contributed by atoms with Gasteiger partial charge in [-0.1, -0.05) is 6.07 Å². The molecule has 1 N–H and O–H groups in total. The molecule has 3 aromatic heterocycles. The zero-order chi connectivity index (χ0) is 21.5. The minimum Gasteiger partial charge on any atom is -0.480 e. The van der Waals surface area contributed by atoms with Gasteiger partial charge in [-0.15, -0.1) is 5.10 Å². The molecule has 1 aliphatic heterocycles. The van der Waals surface area contributed by atoms with Crippen LogP contribution >= 0.6 is 0 Å². The number of aromatic nitrogens is 5. The van der Waals surface area contributed by atoms with Crippen molar-refractivity contribution in [3.8, 4) is 17.0 Å². The minimum absolute atomic E-state index is 0.420. The molecule has 4 aromatic rings. The van der Waals surface area contributed by atoms with Gasteiger partial charge in [0.25, 0.3) is 0 Å². The largest absolute Gasteiger partial charge is 0.480 e. The fourth-order valence-corrected chi connectivity index (χ4v) is 4.70. The first-order valence-corrected chi connectivity index (χ1v) is 11.0. The average molecular weight is 432 g/mol. The van der Waals surface area contributed by atoms with E-state index in [9.17, 15) is 0 Å². The Hall–Kier alpha value is -3.30. The van der Waals surface area contributed by atoms with E-state index in [2.05, 4.69) is 48.5 Å². The normalized spacial score (nSPS) is 21.5. The van der Waals surface area contributed by atoms with Crippen molar-refractivity contribution < 1.29 is 9.47 Å². The molecule has 164 valence electrons. The van der Waals surface area contributed by atoms with Crippen LogP contribution in [0.3, 0.4) is 0 Å². The second-order valence-corrected chi connectivity index (χ2v) is 8.37. The Bertz CT molecular complexity index is 1260. The molecular formula is C23H25N7O2. The summed E-state index contributed by atoms with van der Waals surface area (Å²) in [6.07, 6.45) is 7.62. The molecule has 4 heterocycles. The summed E-state index contributed by atoms with van der Waals surface area (Å²) in [6.45, 7) is 3.78. The molecule has 0 amide bonds. The van der Waals surface area contributed by atoms with Gasteiger partial charge in [-0.3, -0.25) is 4.90 Å². The number of morpholine rings is 1. The van der Waals surface area contributed by atoms with Crippen molar-refractivity contribution in [1.82, 2.24) is 29.5 Å². The van der Waals surface area contributed by atoms with Crippen molar-refractivity contribution in [2.24, 2.45) is 0 Å². The van der Waals surface area contributed by atoms with Gasteiger partial charge >= 0.3 is 0 Å². The predicted molar refractivity (Wildman–Crippen MR) is 121 cm³/mol. The Labute approximate surface area is 185 Å². The van der Waals surface area contributed by atoms with Crippen LogP contribution in [-0.2, 0) is 4.74 Å². The van der Waals surface area contributed by atoms with Gasteiger partial charge in [-0.25, -0.2) is 19.5 Å². The van der Waals surface area contributed by atoms with Gasteiger partial charge in [0.1, 0.15) is 6.33 Å². The van der Waals surface area contributed by atoms with E-state index in [0.717, 1.165) is 66.7 Å². The summed E-state index contributed by atoms with van der Waals surface area (Å²) in [7, 11) is 1.62. The van der Waals surface area contributed by atoms with E-state index in [-0.39, 0.29) is 0 Å². The molecule has 1 aromatic carbocycles. The van der Waals surface area contributed by atoms with Crippen LogP contribution in [0.15, 0.2) is 43.0 Å². The van der Waals surface area contributed by atoms with Crippen molar-refractivity contribution in [3.05, 3.63) is 43.0 Å². The number of fused-ring (bicyclic) bond motifs is 2. The highest BCUT2D eigenvalue weighted by molar-refractivity contribution is 5.91. The second kappa shape index (κ2) is 7.99. The Morgan fingerprint density at radius 1 is 1.09 bits per heavy atom. The lowest BCUT2D eigenvalue weighted by Gasteiger charge is -2.44. The number of nitrogens with one attached hydrogen (secondary N) is 1. The maximum absolute atomic E-state index is 5.46. The fourth-order valence-electron chi connectivity index (χ4n) is 4.70. The first kappa shape index (κ1) is 19.4. The van der Waals surface area contributed by atoms with Crippen molar-refractivity contribution >= 4 is 22.4 Å². The van der Waals surface area contributed by atoms with Crippen LogP contribution in [0.2, 0.25) is 0 Å². The summed E-state index contributed by atoms with van der Waals surface area (Å²) in [5.41, 5.74) is 3.90. The summed E-state index contributed by atoms with van der Waals surface area (Å²) >= 11 is 0. The van der Waals surface area contributed by atoms with Crippen LogP contribution in [0.5, 0.6) is 5.88 Å². The maximum Gasteiger partial charge on any atom is 0.241 e. The van der Waals surface area contributed by atoms with Crippen LogP contribution in [0.1, 0.15) is 12.8 Å². The highest BCUT2D eigenvalue weighted by Crippen LogP contribution is 2.31. The molecule has 0 atom stereocenters. The molecule has 32 heavy (non-hydrogen) atoms. The lowest BCUT2D eigenvalue weighted by Crippen LogP contribution is -2.53. The Morgan fingerprint density at radius 2 is 1.97 bits per heavy atom. The molecule has 1 aliphatic carbocycles. The summed E-state index contributed by atoms with van der Waals surface area (Å²) in [5.74, 6) is 1.23. The second-order valence-electron chi connectivity index (χ2n) is 8.37. The molecule has 0 unspecified atom stereocenters. The van der Waals surface area contributed by atoms with Crippen molar-refractivity contribution in [2.75, 3.05) is 38.7 Å². The van der Waals surface area contributed by atoms with Crippen molar-refractivity contribution in [1.29, 1.82) is 0 Å². The molecule has 9 nitrogen and oxygen atoms in total. The number of anilines is 1. The van der Waals surface area contributed by atoms with Gasteiger partial charge < -0.3 is 14.8 Å². The van der Waals surface area contributed by atoms with Crippen LogP contribution in [0.4, 0.5) is 5.95 Å². The SMILES string of the molecule is COc1ncnc2ccc(-c3ccn4nc(N[C@H]5C[C@@H](N6CCOCC6)C5)ncc34)cc12. The lowest BCUT2D eigenvalue weighted by atomic mass is 9.85. The third-order valence-electron chi connectivity index (χ3n) is 6.53. The monoisotopic (exact) mass is 431 g/mol. The van der Waals surface area contributed by atoms with E-state index in [1.807, 2.05) is 23.0 Å². The standard InChI is InChI=1S/C23H25N7O2/c1-31-22-19-10-15(2-3-20(19)25-14-26-22)18-4-5-30-21(18)13-24-23(28-30)27-16-11-17(12-16)29-6-8-32-9-7-29/h2-5,10,13-14,16-17H,6-9,11-12H2,1H3,(H,27,28)/t16-,17+. The van der Waals surface area contributed by atoms with Gasteiger partial charge in [0.2, 0.25) is 11.8 Å². The highest BCUT2D eigenvalue weighted by Gasteiger charge is 2.34.